The first-order valence-electron chi connectivity index (χ1n) is 15.7. The Bertz CT molecular complexity index is 2380. The van der Waals surface area contributed by atoms with Gasteiger partial charge in [0.05, 0.1) is 11.2 Å². The third-order valence-corrected chi connectivity index (χ3v) is 9.40. The van der Waals surface area contributed by atoms with Crippen molar-refractivity contribution in [3.8, 4) is 51.1 Å². The molecule has 0 spiro atoms. The van der Waals surface area contributed by atoms with E-state index in [0.717, 1.165) is 22.4 Å². The van der Waals surface area contributed by atoms with Crippen molar-refractivity contribution < 1.29 is 0 Å². The molecule has 8 aromatic rings. The average Bonchev–Trinajstić information content (AvgIpc) is 3.59. The fourth-order valence-corrected chi connectivity index (χ4v) is 7.28. The van der Waals surface area contributed by atoms with E-state index in [1.165, 1.54) is 44.1 Å². The summed E-state index contributed by atoms with van der Waals surface area (Å²) in [5, 5.41) is 3.85. The summed E-state index contributed by atoms with van der Waals surface area (Å²) in [5.41, 5.74) is 10.3. The van der Waals surface area contributed by atoms with Gasteiger partial charge in [0.2, 0.25) is 0 Å². The second kappa shape index (κ2) is 10.1. The lowest BCUT2D eigenvalue weighted by molar-refractivity contribution is 0.666. The normalized spacial score (nSPS) is 13.2. The minimum atomic E-state index is -0.152. The molecule has 4 heteroatoms. The largest absolute Gasteiger partial charge is 0.309 e. The van der Waals surface area contributed by atoms with E-state index in [9.17, 15) is 0 Å². The molecule has 1 aliphatic carbocycles. The van der Waals surface area contributed by atoms with E-state index >= 15 is 0 Å². The lowest BCUT2D eigenvalue weighted by Gasteiger charge is -2.21. The van der Waals surface area contributed by atoms with E-state index in [2.05, 4.69) is 103 Å². The molecule has 2 aromatic heterocycles. The standard InChI is InChI=1S/C42H30N4/c1-42(2)34-23-12-11-22-33(34)38-37(42)36-32-21-10-9-14-27(32)24-25-35(36)46(38)31-20-13-19-30(26-31)41-44-39(28-15-5-3-6-16-28)43-40(45-41)29-17-7-4-8-18-29/h3-26H,1-2H3. The van der Waals surface area contributed by atoms with Gasteiger partial charge in [0, 0.05) is 38.7 Å². The van der Waals surface area contributed by atoms with Crippen molar-refractivity contribution in [3.05, 3.63) is 157 Å². The van der Waals surface area contributed by atoms with Crippen LogP contribution in [0.1, 0.15) is 25.0 Å². The van der Waals surface area contributed by atoms with Crippen LogP contribution in [0.2, 0.25) is 0 Å². The van der Waals surface area contributed by atoms with Crippen LogP contribution in [-0.2, 0) is 5.41 Å². The molecule has 218 valence electrons. The minimum Gasteiger partial charge on any atom is -0.309 e. The fourth-order valence-electron chi connectivity index (χ4n) is 7.28. The summed E-state index contributed by atoms with van der Waals surface area (Å²) in [7, 11) is 0. The topological polar surface area (TPSA) is 43.6 Å². The lowest BCUT2D eigenvalue weighted by atomic mass is 9.81. The Kier molecular flexibility index (Phi) is 5.81. The Hall–Kier alpha value is -5.87. The molecule has 9 rings (SSSR count). The van der Waals surface area contributed by atoms with Crippen LogP contribution in [0.15, 0.2) is 146 Å². The second-order valence-corrected chi connectivity index (χ2v) is 12.5. The molecule has 0 unspecified atom stereocenters. The molecule has 0 atom stereocenters. The van der Waals surface area contributed by atoms with Crippen molar-refractivity contribution in [3.63, 3.8) is 0 Å². The predicted molar refractivity (Wildman–Crippen MR) is 188 cm³/mol. The first-order valence-corrected chi connectivity index (χ1v) is 15.7. The number of rotatable bonds is 4. The molecular formula is C42H30N4. The van der Waals surface area contributed by atoms with Crippen LogP contribution in [0.3, 0.4) is 0 Å². The van der Waals surface area contributed by atoms with Crippen LogP contribution in [0.4, 0.5) is 0 Å². The van der Waals surface area contributed by atoms with E-state index in [-0.39, 0.29) is 5.41 Å². The summed E-state index contributed by atoms with van der Waals surface area (Å²) in [6, 6.07) is 51.0. The Morgan fingerprint density at radius 2 is 1.11 bits per heavy atom. The van der Waals surface area contributed by atoms with Crippen molar-refractivity contribution in [2.24, 2.45) is 0 Å². The van der Waals surface area contributed by atoms with E-state index in [0.29, 0.717) is 17.5 Å². The van der Waals surface area contributed by atoms with Crippen LogP contribution in [0, 0.1) is 0 Å². The van der Waals surface area contributed by atoms with Crippen LogP contribution in [0.5, 0.6) is 0 Å². The highest BCUT2D eigenvalue weighted by Gasteiger charge is 2.40. The zero-order valence-electron chi connectivity index (χ0n) is 25.6. The molecule has 0 fully saturated rings. The highest BCUT2D eigenvalue weighted by molar-refractivity contribution is 6.13. The second-order valence-electron chi connectivity index (χ2n) is 12.5. The molecule has 0 radical (unpaired) electrons. The van der Waals surface area contributed by atoms with E-state index in [4.69, 9.17) is 15.0 Å². The Morgan fingerprint density at radius 3 is 1.83 bits per heavy atom. The Morgan fingerprint density at radius 1 is 0.522 bits per heavy atom. The third-order valence-electron chi connectivity index (χ3n) is 9.40. The van der Waals surface area contributed by atoms with Gasteiger partial charge in [-0.15, -0.1) is 0 Å². The first-order chi connectivity index (χ1) is 22.6. The van der Waals surface area contributed by atoms with Gasteiger partial charge in [-0.05, 0) is 40.1 Å². The summed E-state index contributed by atoms with van der Waals surface area (Å²) >= 11 is 0. The van der Waals surface area contributed by atoms with Crippen molar-refractivity contribution >= 4 is 21.7 Å². The molecule has 0 saturated heterocycles. The predicted octanol–water partition coefficient (Wildman–Crippen LogP) is 10.3. The molecule has 0 N–H and O–H groups in total. The molecule has 0 bridgehead atoms. The van der Waals surface area contributed by atoms with Gasteiger partial charge in [-0.25, -0.2) is 15.0 Å². The quantitative estimate of drug-likeness (QED) is 0.205. The van der Waals surface area contributed by atoms with Gasteiger partial charge in [0.15, 0.2) is 17.5 Å². The van der Waals surface area contributed by atoms with E-state index < -0.39 is 0 Å². The highest BCUT2D eigenvalue weighted by atomic mass is 15.0. The maximum Gasteiger partial charge on any atom is 0.164 e. The third kappa shape index (κ3) is 3.97. The molecule has 1 aliphatic rings. The molecule has 2 heterocycles. The smallest absolute Gasteiger partial charge is 0.164 e. The van der Waals surface area contributed by atoms with Gasteiger partial charge in [-0.2, -0.15) is 0 Å². The Labute approximate surface area is 267 Å². The van der Waals surface area contributed by atoms with Crippen LogP contribution in [-0.4, -0.2) is 19.5 Å². The zero-order chi connectivity index (χ0) is 30.8. The van der Waals surface area contributed by atoms with Crippen molar-refractivity contribution in [1.29, 1.82) is 0 Å². The van der Waals surface area contributed by atoms with Gasteiger partial charge in [-0.3, -0.25) is 0 Å². The van der Waals surface area contributed by atoms with Crippen molar-refractivity contribution in [2.45, 2.75) is 19.3 Å². The fraction of sp³-hybridized carbons (Fsp3) is 0.0714. The van der Waals surface area contributed by atoms with E-state index in [1.807, 2.05) is 60.7 Å². The molecule has 0 aliphatic heterocycles. The maximum absolute atomic E-state index is 5.03. The average molecular weight is 591 g/mol. The molecular weight excluding hydrogens is 560 g/mol. The number of hydrogen-bond donors (Lipinski definition) is 0. The summed E-state index contributed by atoms with van der Waals surface area (Å²) in [4.78, 5) is 15.0. The first kappa shape index (κ1) is 26.5. The molecule has 4 nitrogen and oxygen atoms in total. The Balaban J connectivity index is 1.31. The molecule has 6 aromatic carbocycles. The van der Waals surface area contributed by atoms with Gasteiger partial charge in [0.1, 0.15) is 0 Å². The lowest BCUT2D eigenvalue weighted by Crippen LogP contribution is -2.14. The number of benzene rings is 6. The number of hydrogen-bond acceptors (Lipinski definition) is 3. The van der Waals surface area contributed by atoms with E-state index in [1.54, 1.807) is 0 Å². The monoisotopic (exact) mass is 590 g/mol. The van der Waals surface area contributed by atoms with Gasteiger partial charge >= 0.3 is 0 Å². The summed E-state index contributed by atoms with van der Waals surface area (Å²) < 4.78 is 2.45. The molecule has 0 amide bonds. The number of aromatic nitrogens is 4. The maximum atomic E-state index is 5.03. The van der Waals surface area contributed by atoms with Crippen LogP contribution in [0.25, 0.3) is 72.8 Å². The SMILES string of the molecule is CC1(C)c2ccccc2-c2c1c1c3ccccc3ccc1n2-c1cccc(-c2nc(-c3ccccc3)nc(-c3ccccc3)n2)c1. The van der Waals surface area contributed by atoms with Gasteiger partial charge < -0.3 is 4.57 Å². The highest BCUT2D eigenvalue weighted by Crippen LogP contribution is 2.54. The summed E-state index contributed by atoms with van der Waals surface area (Å²) in [6.45, 7) is 4.72. The zero-order valence-corrected chi connectivity index (χ0v) is 25.6. The summed E-state index contributed by atoms with van der Waals surface area (Å²) in [5.74, 6) is 1.96. The summed E-state index contributed by atoms with van der Waals surface area (Å²) in [6.07, 6.45) is 0. The van der Waals surface area contributed by atoms with Crippen molar-refractivity contribution in [1.82, 2.24) is 19.5 Å². The minimum absolute atomic E-state index is 0.152. The van der Waals surface area contributed by atoms with Gasteiger partial charge in [0.25, 0.3) is 0 Å². The van der Waals surface area contributed by atoms with Crippen molar-refractivity contribution in [2.75, 3.05) is 0 Å². The van der Waals surface area contributed by atoms with Crippen LogP contribution >= 0.6 is 0 Å². The number of fused-ring (bicyclic) bond motifs is 7. The van der Waals surface area contributed by atoms with Gasteiger partial charge in [-0.1, -0.05) is 141 Å². The number of nitrogens with zero attached hydrogens (tertiary/aromatic N) is 4. The molecule has 0 saturated carbocycles. The molecule has 46 heavy (non-hydrogen) atoms. The van der Waals surface area contributed by atoms with Crippen LogP contribution < -0.4 is 0 Å².